The van der Waals surface area contributed by atoms with Crippen LogP contribution in [0.2, 0.25) is 0 Å². The van der Waals surface area contributed by atoms with Crippen molar-refractivity contribution in [2.24, 2.45) is 0 Å². The highest BCUT2D eigenvalue weighted by molar-refractivity contribution is 7.98. The minimum Gasteiger partial charge on any atom is -0.490 e. The Morgan fingerprint density at radius 1 is 1.03 bits per heavy atom. The summed E-state index contributed by atoms with van der Waals surface area (Å²) in [6.07, 6.45) is 4.75. The normalized spacial score (nSPS) is 10.7. The third-order valence-corrected chi connectivity index (χ3v) is 4.88. The molecular weight excluding hydrogens is 386 g/mol. The predicted molar refractivity (Wildman–Crippen MR) is 118 cm³/mol. The molecule has 6 nitrogen and oxygen atoms in total. The molecule has 158 valence electrons. The van der Waals surface area contributed by atoms with Crippen LogP contribution in [0.25, 0.3) is 0 Å². The van der Waals surface area contributed by atoms with Gasteiger partial charge in [-0.1, -0.05) is 25.6 Å². The number of nitrogens with one attached hydrogen (secondary N) is 1. The Labute approximate surface area is 177 Å². The third kappa shape index (κ3) is 6.92. The van der Waals surface area contributed by atoms with Crippen LogP contribution in [0.1, 0.15) is 50.1 Å². The fourth-order valence-corrected chi connectivity index (χ4v) is 3.32. The molecule has 29 heavy (non-hydrogen) atoms. The van der Waals surface area contributed by atoms with Gasteiger partial charge in [0.15, 0.2) is 16.7 Å². The number of hydrogen-bond donors (Lipinski definition) is 1. The number of nitrogens with zero attached hydrogens (tertiary/aromatic N) is 2. The summed E-state index contributed by atoms with van der Waals surface area (Å²) >= 11 is 1.52. The average molecular weight is 418 g/mol. The first-order valence-corrected chi connectivity index (χ1v) is 11.3. The molecule has 2 rings (SSSR count). The van der Waals surface area contributed by atoms with Crippen molar-refractivity contribution < 1.29 is 14.3 Å². The number of carbonyl (C=O) groups is 1. The van der Waals surface area contributed by atoms with Crippen LogP contribution in [0.15, 0.2) is 23.4 Å². The van der Waals surface area contributed by atoms with Crippen molar-refractivity contribution in [2.45, 2.75) is 58.5 Å². The smallest absolute Gasteiger partial charge is 0.224 e. The van der Waals surface area contributed by atoms with E-state index >= 15 is 0 Å². The van der Waals surface area contributed by atoms with E-state index in [4.69, 9.17) is 9.47 Å². The van der Waals surface area contributed by atoms with E-state index in [0.717, 1.165) is 34.9 Å². The first-order chi connectivity index (χ1) is 14.0. The number of carbonyl (C=O) groups excluding carboxylic acids is 1. The van der Waals surface area contributed by atoms with Gasteiger partial charge in [-0.05, 0) is 57.1 Å². The van der Waals surface area contributed by atoms with Crippen LogP contribution in [0.5, 0.6) is 11.5 Å². The molecule has 0 aliphatic rings. The van der Waals surface area contributed by atoms with Gasteiger partial charge in [-0.25, -0.2) is 9.97 Å². The molecule has 0 saturated carbocycles. The van der Waals surface area contributed by atoms with Crippen LogP contribution in [0.4, 0.5) is 5.69 Å². The van der Waals surface area contributed by atoms with Crippen molar-refractivity contribution in [3.8, 4) is 11.5 Å². The van der Waals surface area contributed by atoms with E-state index in [1.807, 2.05) is 38.3 Å². The molecule has 0 atom stereocenters. The second-order valence-electron chi connectivity index (χ2n) is 6.77. The van der Waals surface area contributed by atoms with E-state index in [-0.39, 0.29) is 5.91 Å². The number of ether oxygens (including phenoxy) is 2. The first-order valence-electron chi connectivity index (χ1n) is 10.1. The zero-order valence-electron chi connectivity index (χ0n) is 18.0. The molecule has 2 aromatic rings. The molecule has 1 N–H and O–H groups in total. The highest BCUT2D eigenvalue weighted by Gasteiger charge is 2.12. The quantitative estimate of drug-likeness (QED) is 0.411. The number of aromatic nitrogens is 2. The van der Waals surface area contributed by atoms with Crippen molar-refractivity contribution in [3.63, 3.8) is 0 Å². The summed E-state index contributed by atoms with van der Waals surface area (Å²) in [5.41, 5.74) is 3.60. The summed E-state index contributed by atoms with van der Waals surface area (Å²) in [6.45, 7) is 9.28. The fourth-order valence-electron chi connectivity index (χ4n) is 2.87. The lowest BCUT2D eigenvalue weighted by atomic mass is 10.1. The maximum atomic E-state index is 12.5. The van der Waals surface area contributed by atoms with Gasteiger partial charge in [0, 0.05) is 29.6 Å². The van der Waals surface area contributed by atoms with E-state index in [0.29, 0.717) is 43.2 Å². The van der Waals surface area contributed by atoms with Crippen molar-refractivity contribution in [1.82, 2.24) is 9.97 Å². The second-order valence-corrected chi connectivity index (χ2v) is 7.54. The lowest BCUT2D eigenvalue weighted by Gasteiger charge is -2.14. The average Bonchev–Trinajstić information content (AvgIpc) is 2.70. The molecule has 0 unspecified atom stereocenters. The summed E-state index contributed by atoms with van der Waals surface area (Å²) in [4.78, 5) is 21.4. The van der Waals surface area contributed by atoms with Crippen molar-refractivity contribution in [1.29, 1.82) is 0 Å². The maximum Gasteiger partial charge on any atom is 0.224 e. The highest BCUT2D eigenvalue weighted by atomic mass is 32.2. The Balaban J connectivity index is 2.03. The summed E-state index contributed by atoms with van der Waals surface area (Å²) < 4.78 is 11.5. The molecule has 0 aliphatic heterocycles. The van der Waals surface area contributed by atoms with Crippen molar-refractivity contribution in [2.75, 3.05) is 24.8 Å². The van der Waals surface area contributed by atoms with E-state index < -0.39 is 0 Å². The first kappa shape index (κ1) is 23.0. The molecular formula is C22H31N3O3S. The Hall–Kier alpha value is -2.28. The number of hydrogen-bond acceptors (Lipinski definition) is 6. The number of rotatable bonds is 11. The van der Waals surface area contributed by atoms with Crippen LogP contribution in [-0.4, -0.2) is 35.3 Å². The van der Waals surface area contributed by atoms with Gasteiger partial charge in [0.2, 0.25) is 5.91 Å². The largest absolute Gasteiger partial charge is 0.490 e. The van der Waals surface area contributed by atoms with Crippen molar-refractivity contribution >= 4 is 23.4 Å². The molecule has 0 bridgehead atoms. The van der Waals surface area contributed by atoms with E-state index in [2.05, 4.69) is 29.1 Å². The van der Waals surface area contributed by atoms with Crippen LogP contribution in [-0.2, 0) is 11.2 Å². The molecule has 0 fully saturated rings. The molecule has 0 saturated heterocycles. The zero-order chi connectivity index (χ0) is 21.2. The minimum absolute atomic E-state index is 0.0542. The van der Waals surface area contributed by atoms with Crippen LogP contribution < -0.4 is 14.8 Å². The van der Waals surface area contributed by atoms with Crippen LogP contribution >= 0.6 is 11.8 Å². The van der Waals surface area contributed by atoms with Gasteiger partial charge in [-0.3, -0.25) is 4.79 Å². The maximum absolute atomic E-state index is 12.5. The Kier molecular flexibility index (Phi) is 9.25. The summed E-state index contributed by atoms with van der Waals surface area (Å²) in [6, 6.07) is 5.51. The third-order valence-electron chi connectivity index (χ3n) is 4.34. The number of thioether (sulfide) groups is 1. The fraction of sp³-hybridized carbons (Fsp3) is 0.500. The van der Waals surface area contributed by atoms with Gasteiger partial charge in [0.1, 0.15) is 0 Å². The van der Waals surface area contributed by atoms with E-state index in [9.17, 15) is 4.79 Å². The molecule has 1 aromatic heterocycles. The summed E-state index contributed by atoms with van der Waals surface area (Å²) in [7, 11) is 0. The summed E-state index contributed by atoms with van der Waals surface area (Å²) in [5.74, 6) is 1.31. The lowest BCUT2D eigenvalue weighted by Crippen LogP contribution is -2.14. The highest BCUT2D eigenvalue weighted by Crippen LogP contribution is 2.31. The van der Waals surface area contributed by atoms with Crippen molar-refractivity contribution in [3.05, 3.63) is 35.2 Å². The number of anilines is 1. The van der Waals surface area contributed by atoms with E-state index in [1.165, 1.54) is 11.8 Å². The number of aryl methyl sites for hydroxylation is 2. The molecule has 1 aromatic carbocycles. The Morgan fingerprint density at radius 2 is 1.66 bits per heavy atom. The molecule has 0 aliphatic carbocycles. The van der Waals surface area contributed by atoms with Gasteiger partial charge in [-0.15, -0.1) is 0 Å². The molecule has 0 radical (unpaired) electrons. The van der Waals surface area contributed by atoms with Gasteiger partial charge in [0.25, 0.3) is 0 Å². The van der Waals surface area contributed by atoms with Gasteiger partial charge in [-0.2, -0.15) is 0 Å². The van der Waals surface area contributed by atoms with Gasteiger partial charge < -0.3 is 14.8 Å². The van der Waals surface area contributed by atoms with Crippen LogP contribution in [0.3, 0.4) is 0 Å². The molecule has 7 heteroatoms. The predicted octanol–water partition coefficient (Wildman–Crippen LogP) is 4.96. The second kappa shape index (κ2) is 11.7. The molecule has 0 spiro atoms. The topological polar surface area (TPSA) is 73.3 Å². The zero-order valence-corrected chi connectivity index (χ0v) is 18.8. The SMILES string of the molecule is CCCOc1ccc(NC(=O)CCc2c(C)nc(SC)nc2C)cc1OCCC. The summed E-state index contributed by atoms with van der Waals surface area (Å²) in [5, 5.41) is 3.72. The van der Waals surface area contributed by atoms with E-state index in [1.54, 1.807) is 0 Å². The van der Waals surface area contributed by atoms with Gasteiger partial charge >= 0.3 is 0 Å². The lowest BCUT2D eigenvalue weighted by molar-refractivity contribution is -0.116. The Morgan fingerprint density at radius 3 is 2.24 bits per heavy atom. The minimum atomic E-state index is -0.0542. The Bertz CT molecular complexity index is 804. The molecule has 1 amide bonds. The number of benzene rings is 1. The number of amides is 1. The molecule has 1 heterocycles. The monoisotopic (exact) mass is 417 g/mol. The van der Waals surface area contributed by atoms with Crippen LogP contribution in [0, 0.1) is 13.8 Å². The van der Waals surface area contributed by atoms with Gasteiger partial charge in [0.05, 0.1) is 13.2 Å². The standard InChI is InChI=1S/C22H31N3O3S/c1-6-12-27-19-10-8-17(14-20(19)28-13-7-2)25-21(26)11-9-18-15(3)23-22(29-5)24-16(18)4/h8,10,14H,6-7,9,11-13H2,1-5H3,(H,25,26).